The smallest absolute Gasteiger partial charge is 0.287 e. The largest absolute Gasteiger partial charge is 0.456 e. The van der Waals surface area contributed by atoms with Gasteiger partial charge in [0.2, 0.25) is 0 Å². The molecule has 4 heteroatoms. The van der Waals surface area contributed by atoms with Crippen LogP contribution in [0.1, 0.15) is 36.6 Å². The highest BCUT2D eigenvalue weighted by molar-refractivity contribution is 9.09. The van der Waals surface area contributed by atoms with E-state index in [0.29, 0.717) is 11.7 Å². The maximum atomic E-state index is 11.8. The van der Waals surface area contributed by atoms with E-state index in [-0.39, 0.29) is 11.9 Å². The fraction of sp³-hybridized carbons (Fsp3) is 0.583. The third kappa shape index (κ3) is 4.00. The SMILES string of the molecule is Cc1ccc(C(=O)NC(CBr)CC(C)C)o1. The molecule has 0 saturated carbocycles. The summed E-state index contributed by atoms with van der Waals surface area (Å²) in [5.41, 5.74) is 0. The van der Waals surface area contributed by atoms with E-state index in [1.165, 1.54) is 0 Å². The Morgan fingerprint density at radius 3 is 2.62 bits per heavy atom. The van der Waals surface area contributed by atoms with Crippen LogP contribution < -0.4 is 5.32 Å². The van der Waals surface area contributed by atoms with Gasteiger partial charge in [-0.05, 0) is 31.4 Å². The molecule has 1 amide bonds. The number of hydrogen-bond donors (Lipinski definition) is 1. The van der Waals surface area contributed by atoms with Crippen molar-refractivity contribution in [2.24, 2.45) is 5.92 Å². The van der Waals surface area contributed by atoms with Gasteiger partial charge >= 0.3 is 0 Å². The Hall–Kier alpha value is -0.770. The van der Waals surface area contributed by atoms with Crippen molar-refractivity contribution in [2.45, 2.75) is 33.2 Å². The fourth-order valence-electron chi connectivity index (χ4n) is 1.54. The summed E-state index contributed by atoms with van der Waals surface area (Å²) in [6.07, 6.45) is 0.955. The molecule has 0 radical (unpaired) electrons. The molecule has 1 aromatic heterocycles. The lowest BCUT2D eigenvalue weighted by Gasteiger charge is -2.17. The van der Waals surface area contributed by atoms with Crippen LogP contribution in [-0.2, 0) is 0 Å². The summed E-state index contributed by atoms with van der Waals surface area (Å²) in [4.78, 5) is 11.8. The molecule has 0 aliphatic carbocycles. The van der Waals surface area contributed by atoms with Crippen molar-refractivity contribution in [3.05, 3.63) is 23.7 Å². The van der Waals surface area contributed by atoms with E-state index in [1.54, 1.807) is 12.1 Å². The monoisotopic (exact) mass is 287 g/mol. The number of aryl methyl sites for hydroxylation is 1. The first-order valence-electron chi connectivity index (χ1n) is 5.46. The van der Waals surface area contributed by atoms with Gasteiger partial charge in [-0.3, -0.25) is 4.79 Å². The predicted molar refractivity (Wildman–Crippen MR) is 67.9 cm³/mol. The normalized spacial score (nSPS) is 12.8. The van der Waals surface area contributed by atoms with Gasteiger partial charge in [-0.25, -0.2) is 0 Å². The van der Waals surface area contributed by atoms with E-state index in [9.17, 15) is 4.79 Å². The summed E-state index contributed by atoms with van der Waals surface area (Å²) >= 11 is 3.41. The Balaban J connectivity index is 2.55. The van der Waals surface area contributed by atoms with Crippen LogP contribution in [0.2, 0.25) is 0 Å². The molecule has 0 fully saturated rings. The van der Waals surface area contributed by atoms with Crippen molar-refractivity contribution < 1.29 is 9.21 Å². The number of carbonyl (C=O) groups excluding carboxylic acids is 1. The number of rotatable bonds is 5. The Labute approximate surface area is 105 Å². The zero-order chi connectivity index (χ0) is 12.1. The van der Waals surface area contributed by atoms with Gasteiger partial charge in [0.15, 0.2) is 5.76 Å². The molecule has 0 aromatic carbocycles. The van der Waals surface area contributed by atoms with Crippen LogP contribution in [0.3, 0.4) is 0 Å². The number of halogens is 1. The molecule has 0 aliphatic heterocycles. The second-order valence-corrected chi connectivity index (χ2v) is 5.01. The summed E-state index contributed by atoms with van der Waals surface area (Å²) in [5.74, 6) is 1.55. The molecule has 16 heavy (non-hydrogen) atoms. The van der Waals surface area contributed by atoms with E-state index >= 15 is 0 Å². The number of nitrogens with one attached hydrogen (secondary N) is 1. The van der Waals surface area contributed by atoms with Gasteiger partial charge in [0.1, 0.15) is 5.76 Å². The molecule has 1 aromatic rings. The lowest BCUT2D eigenvalue weighted by molar-refractivity contribution is 0.0908. The molecule has 0 spiro atoms. The standard InChI is InChI=1S/C12H18BrNO2/c1-8(2)6-10(7-13)14-12(15)11-5-4-9(3)16-11/h4-5,8,10H,6-7H2,1-3H3,(H,14,15). The van der Waals surface area contributed by atoms with Crippen LogP contribution in [0.25, 0.3) is 0 Å². The molecular formula is C12H18BrNO2. The molecule has 1 atom stereocenters. The van der Waals surface area contributed by atoms with Crippen LogP contribution >= 0.6 is 15.9 Å². The Morgan fingerprint density at radius 2 is 2.19 bits per heavy atom. The third-order valence-corrected chi connectivity index (χ3v) is 3.02. The van der Waals surface area contributed by atoms with Crippen LogP contribution in [-0.4, -0.2) is 17.3 Å². The van der Waals surface area contributed by atoms with Crippen molar-refractivity contribution in [2.75, 3.05) is 5.33 Å². The van der Waals surface area contributed by atoms with Crippen molar-refractivity contribution in [1.29, 1.82) is 0 Å². The number of alkyl halides is 1. The Bertz CT molecular complexity index is 347. The quantitative estimate of drug-likeness (QED) is 0.846. The Kier molecular flexibility index (Phi) is 5.06. The average Bonchev–Trinajstić information content (AvgIpc) is 2.63. The molecule has 1 unspecified atom stereocenters. The second-order valence-electron chi connectivity index (χ2n) is 4.36. The van der Waals surface area contributed by atoms with Gasteiger partial charge in [-0.2, -0.15) is 0 Å². The second kappa shape index (κ2) is 6.09. The van der Waals surface area contributed by atoms with Gasteiger partial charge in [0, 0.05) is 11.4 Å². The van der Waals surface area contributed by atoms with E-state index < -0.39 is 0 Å². The minimum Gasteiger partial charge on any atom is -0.456 e. The van der Waals surface area contributed by atoms with E-state index in [4.69, 9.17) is 4.42 Å². The topological polar surface area (TPSA) is 42.2 Å². The summed E-state index contributed by atoms with van der Waals surface area (Å²) in [7, 11) is 0. The first kappa shape index (κ1) is 13.3. The lowest BCUT2D eigenvalue weighted by Crippen LogP contribution is -2.36. The van der Waals surface area contributed by atoms with Crippen LogP contribution in [0.15, 0.2) is 16.5 Å². The number of furan rings is 1. The van der Waals surface area contributed by atoms with Gasteiger partial charge in [-0.15, -0.1) is 0 Å². The molecule has 90 valence electrons. The number of amides is 1. The predicted octanol–water partition coefficient (Wildman–Crippen LogP) is 3.13. The third-order valence-electron chi connectivity index (χ3n) is 2.24. The number of hydrogen-bond acceptors (Lipinski definition) is 2. The van der Waals surface area contributed by atoms with Gasteiger partial charge in [0.25, 0.3) is 5.91 Å². The van der Waals surface area contributed by atoms with Crippen molar-refractivity contribution in [3.8, 4) is 0 Å². The van der Waals surface area contributed by atoms with Gasteiger partial charge in [-0.1, -0.05) is 29.8 Å². The molecule has 1 rings (SSSR count). The first-order chi connectivity index (χ1) is 7.52. The van der Waals surface area contributed by atoms with Crippen molar-refractivity contribution in [1.82, 2.24) is 5.32 Å². The van der Waals surface area contributed by atoms with E-state index in [2.05, 4.69) is 35.1 Å². The van der Waals surface area contributed by atoms with Crippen LogP contribution in [0, 0.1) is 12.8 Å². The maximum Gasteiger partial charge on any atom is 0.287 e. The summed E-state index contributed by atoms with van der Waals surface area (Å²) in [6.45, 7) is 6.10. The molecular weight excluding hydrogens is 270 g/mol. The zero-order valence-electron chi connectivity index (χ0n) is 9.92. The average molecular weight is 288 g/mol. The van der Waals surface area contributed by atoms with E-state index in [0.717, 1.165) is 17.5 Å². The fourth-order valence-corrected chi connectivity index (χ4v) is 1.97. The maximum absolute atomic E-state index is 11.8. The Morgan fingerprint density at radius 1 is 1.50 bits per heavy atom. The molecule has 3 nitrogen and oxygen atoms in total. The molecule has 1 N–H and O–H groups in total. The minimum atomic E-state index is -0.141. The molecule has 1 heterocycles. The summed E-state index contributed by atoms with van der Waals surface area (Å²) in [6, 6.07) is 3.64. The van der Waals surface area contributed by atoms with E-state index in [1.807, 2.05) is 6.92 Å². The van der Waals surface area contributed by atoms with Crippen molar-refractivity contribution >= 4 is 21.8 Å². The summed E-state index contributed by atoms with van der Waals surface area (Å²) < 4.78 is 5.27. The van der Waals surface area contributed by atoms with Crippen LogP contribution in [0.4, 0.5) is 0 Å². The first-order valence-corrected chi connectivity index (χ1v) is 6.58. The highest BCUT2D eigenvalue weighted by Gasteiger charge is 2.16. The summed E-state index contributed by atoms with van der Waals surface area (Å²) in [5, 5.41) is 3.71. The minimum absolute atomic E-state index is 0.141. The zero-order valence-corrected chi connectivity index (χ0v) is 11.5. The van der Waals surface area contributed by atoms with Gasteiger partial charge in [0.05, 0.1) is 0 Å². The van der Waals surface area contributed by atoms with Crippen LogP contribution in [0.5, 0.6) is 0 Å². The molecule has 0 bridgehead atoms. The van der Waals surface area contributed by atoms with Crippen molar-refractivity contribution in [3.63, 3.8) is 0 Å². The highest BCUT2D eigenvalue weighted by Crippen LogP contribution is 2.10. The van der Waals surface area contributed by atoms with Gasteiger partial charge < -0.3 is 9.73 Å². The molecule has 0 aliphatic rings. The lowest BCUT2D eigenvalue weighted by atomic mass is 10.1. The number of carbonyl (C=O) groups is 1. The highest BCUT2D eigenvalue weighted by atomic mass is 79.9. The molecule has 0 saturated heterocycles.